The summed E-state index contributed by atoms with van der Waals surface area (Å²) in [4.78, 5) is 12.7. The van der Waals surface area contributed by atoms with Crippen molar-refractivity contribution in [1.29, 1.82) is 0 Å². The van der Waals surface area contributed by atoms with Gasteiger partial charge >= 0.3 is 0 Å². The molecule has 0 fully saturated rings. The van der Waals surface area contributed by atoms with E-state index >= 15 is 0 Å². The summed E-state index contributed by atoms with van der Waals surface area (Å²) in [6.07, 6.45) is 0.0139. The second-order valence-electron chi connectivity index (χ2n) is 8.58. The highest BCUT2D eigenvalue weighted by Crippen LogP contribution is 2.25. The summed E-state index contributed by atoms with van der Waals surface area (Å²) in [5, 5.41) is 2.93. The molecule has 0 saturated carbocycles. The Hall–Kier alpha value is -3.27. The third-order valence-corrected chi connectivity index (χ3v) is 5.03. The number of rotatable bonds is 8. The second kappa shape index (κ2) is 10.2. The average Bonchev–Trinajstić information content (AvgIpc) is 2.77. The molecule has 3 aromatic rings. The Morgan fingerprint density at radius 1 is 0.871 bits per heavy atom. The minimum Gasteiger partial charge on any atom is -0.489 e. The molecule has 0 heterocycles. The fraction of sp³-hybridized carbons (Fsp3) is 0.296. The van der Waals surface area contributed by atoms with Crippen LogP contribution in [0.1, 0.15) is 45.2 Å². The summed E-state index contributed by atoms with van der Waals surface area (Å²) in [5.41, 5.74) is 3.13. The Morgan fingerprint density at radius 2 is 1.48 bits per heavy atom. The molecule has 31 heavy (non-hydrogen) atoms. The molecule has 0 aromatic heterocycles. The fourth-order valence-electron chi connectivity index (χ4n) is 3.12. The van der Waals surface area contributed by atoms with Crippen molar-refractivity contribution in [3.63, 3.8) is 0 Å². The molecule has 0 spiro atoms. The summed E-state index contributed by atoms with van der Waals surface area (Å²) in [6.45, 7) is 8.95. The van der Waals surface area contributed by atoms with Crippen LogP contribution in [0.3, 0.4) is 0 Å². The molecule has 4 heteroatoms. The Kier molecular flexibility index (Phi) is 7.35. The van der Waals surface area contributed by atoms with Gasteiger partial charge in [0, 0.05) is 5.69 Å². The zero-order valence-corrected chi connectivity index (χ0v) is 18.7. The van der Waals surface area contributed by atoms with Gasteiger partial charge in [0.2, 0.25) is 0 Å². The highest BCUT2D eigenvalue weighted by atomic mass is 16.5. The van der Waals surface area contributed by atoms with Crippen molar-refractivity contribution < 1.29 is 14.3 Å². The smallest absolute Gasteiger partial charge is 0.265 e. The molecular weight excluding hydrogens is 386 g/mol. The number of carbonyl (C=O) groups excluding carboxylic acids is 1. The van der Waals surface area contributed by atoms with Crippen LogP contribution in [0, 0.1) is 0 Å². The van der Waals surface area contributed by atoms with Gasteiger partial charge in [0.05, 0.1) is 0 Å². The van der Waals surface area contributed by atoms with Crippen molar-refractivity contribution in [2.24, 2.45) is 0 Å². The van der Waals surface area contributed by atoms with E-state index in [2.05, 4.69) is 26.1 Å². The first-order valence-electron chi connectivity index (χ1n) is 10.7. The van der Waals surface area contributed by atoms with Crippen molar-refractivity contribution in [2.45, 2.75) is 52.2 Å². The number of hydrogen-bond acceptors (Lipinski definition) is 3. The van der Waals surface area contributed by atoms with E-state index in [-0.39, 0.29) is 11.3 Å². The van der Waals surface area contributed by atoms with Gasteiger partial charge in [0.1, 0.15) is 18.1 Å². The van der Waals surface area contributed by atoms with Crippen molar-refractivity contribution >= 4 is 11.6 Å². The van der Waals surface area contributed by atoms with Gasteiger partial charge in [0.15, 0.2) is 6.10 Å². The number of nitrogens with one attached hydrogen (secondary N) is 1. The standard InChI is InChI=1S/C27H31NO3/c1-5-25(31-24-15-11-21(12-16-24)27(2,3)4)26(29)28-22-13-17-23(18-14-22)30-19-20-9-7-6-8-10-20/h6-18,25H,5,19H2,1-4H3,(H,28,29)/t25-/m1/s1. The Labute approximate surface area is 185 Å². The van der Waals surface area contributed by atoms with E-state index in [4.69, 9.17) is 9.47 Å². The number of benzene rings is 3. The van der Waals surface area contributed by atoms with Crippen molar-refractivity contribution in [3.05, 3.63) is 90.0 Å². The normalized spacial score (nSPS) is 12.1. The number of carbonyl (C=O) groups is 1. The molecule has 0 saturated heterocycles. The molecule has 1 amide bonds. The van der Waals surface area contributed by atoms with E-state index < -0.39 is 6.10 Å². The maximum atomic E-state index is 12.7. The monoisotopic (exact) mass is 417 g/mol. The maximum absolute atomic E-state index is 12.7. The minimum atomic E-state index is -0.561. The van der Waals surface area contributed by atoms with Gasteiger partial charge in [-0.1, -0.05) is 70.2 Å². The van der Waals surface area contributed by atoms with Crippen LogP contribution in [-0.2, 0) is 16.8 Å². The van der Waals surface area contributed by atoms with Gasteiger partial charge in [-0.05, 0) is 59.4 Å². The molecule has 0 aliphatic carbocycles. The summed E-state index contributed by atoms with van der Waals surface area (Å²) in [5.74, 6) is 1.28. The SMILES string of the molecule is CC[C@@H](Oc1ccc(C(C)(C)C)cc1)C(=O)Nc1ccc(OCc2ccccc2)cc1. The Morgan fingerprint density at radius 3 is 2.06 bits per heavy atom. The van der Waals surface area contributed by atoms with Gasteiger partial charge in [-0.15, -0.1) is 0 Å². The topological polar surface area (TPSA) is 47.6 Å². The molecule has 1 N–H and O–H groups in total. The molecule has 0 aliphatic rings. The van der Waals surface area contributed by atoms with E-state index in [1.165, 1.54) is 5.56 Å². The van der Waals surface area contributed by atoms with Crippen LogP contribution >= 0.6 is 0 Å². The Balaban J connectivity index is 1.55. The highest BCUT2D eigenvalue weighted by Gasteiger charge is 2.19. The molecule has 0 radical (unpaired) electrons. The second-order valence-corrected chi connectivity index (χ2v) is 8.58. The van der Waals surface area contributed by atoms with E-state index in [1.807, 2.05) is 85.8 Å². The average molecular weight is 418 g/mol. The van der Waals surface area contributed by atoms with Gasteiger partial charge in [-0.2, -0.15) is 0 Å². The predicted molar refractivity (Wildman–Crippen MR) is 126 cm³/mol. The lowest BCUT2D eigenvalue weighted by molar-refractivity contribution is -0.122. The van der Waals surface area contributed by atoms with Crippen LogP contribution in [0.15, 0.2) is 78.9 Å². The lowest BCUT2D eigenvalue weighted by atomic mass is 9.87. The van der Waals surface area contributed by atoms with Gasteiger partial charge in [0.25, 0.3) is 5.91 Å². The summed E-state index contributed by atoms with van der Waals surface area (Å²) in [7, 11) is 0. The van der Waals surface area contributed by atoms with Gasteiger partial charge in [-0.3, -0.25) is 4.79 Å². The highest BCUT2D eigenvalue weighted by molar-refractivity contribution is 5.94. The predicted octanol–water partition coefficient (Wildman–Crippen LogP) is 6.36. The molecular formula is C27H31NO3. The molecule has 0 aliphatic heterocycles. The van der Waals surface area contributed by atoms with Crippen LogP contribution in [0.25, 0.3) is 0 Å². The van der Waals surface area contributed by atoms with E-state index in [1.54, 1.807) is 0 Å². The van der Waals surface area contributed by atoms with Crippen molar-refractivity contribution in [1.82, 2.24) is 0 Å². The quantitative estimate of drug-likeness (QED) is 0.464. The van der Waals surface area contributed by atoms with Gasteiger partial charge in [-0.25, -0.2) is 0 Å². The summed E-state index contributed by atoms with van der Waals surface area (Å²) in [6, 6.07) is 25.3. The zero-order valence-electron chi connectivity index (χ0n) is 18.7. The summed E-state index contributed by atoms with van der Waals surface area (Å²) < 4.78 is 11.7. The van der Waals surface area contributed by atoms with Gasteiger partial charge < -0.3 is 14.8 Å². The Bertz CT molecular complexity index is 958. The largest absolute Gasteiger partial charge is 0.489 e. The first-order valence-corrected chi connectivity index (χ1v) is 10.7. The minimum absolute atomic E-state index is 0.0804. The number of amides is 1. The van der Waals surface area contributed by atoms with E-state index in [0.717, 1.165) is 11.3 Å². The molecule has 4 nitrogen and oxygen atoms in total. The number of ether oxygens (including phenoxy) is 2. The first-order chi connectivity index (χ1) is 14.8. The molecule has 0 bridgehead atoms. The van der Waals surface area contributed by atoms with Crippen LogP contribution in [0.5, 0.6) is 11.5 Å². The van der Waals surface area contributed by atoms with Crippen LogP contribution in [0.2, 0.25) is 0 Å². The van der Waals surface area contributed by atoms with Crippen molar-refractivity contribution in [3.8, 4) is 11.5 Å². The molecule has 0 unspecified atom stereocenters. The first kappa shape index (κ1) is 22.4. The molecule has 3 aromatic carbocycles. The van der Waals surface area contributed by atoms with Crippen LogP contribution in [0.4, 0.5) is 5.69 Å². The third-order valence-electron chi connectivity index (χ3n) is 5.03. The maximum Gasteiger partial charge on any atom is 0.265 e. The lowest BCUT2D eigenvalue weighted by Crippen LogP contribution is -2.32. The van der Waals surface area contributed by atoms with E-state index in [0.29, 0.717) is 24.5 Å². The van der Waals surface area contributed by atoms with Crippen molar-refractivity contribution in [2.75, 3.05) is 5.32 Å². The third kappa shape index (κ3) is 6.61. The van der Waals surface area contributed by atoms with Crippen LogP contribution in [-0.4, -0.2) is 12.0 Å². The van der Waals surface area contributed by atoms with E-state index in [9.17, 15) is 4.79 Å². The molecule has 162 valence electrons. The number of anilines is 1. The molecule has 1 atom stereocenters. The van der Waals surface area contributed by atoms with Crippen LogP contribution < -0.4 is 14.8 Å². The zero-order chi connectivity index (χ0) is 22.3. The molecule has 3 rings (SSSR count). The lowest BCUT2D eigenvalue weighted by Gasteiger charge is -2.21. The fourth-order valence-corrected chi connectivity index (χ4v) is 3.12. The summed E-state index contributed by atoms with van der Waals surface area (Å²) >= 11 is 0. The number of hydrogen-bond donors (Lipinski definition) is 1.